The summed E-state index contributed by atoms with van der Waals surface area (Å²) in [5, 5.41) is 13.4. The number of amides is 2. The molecule has 0 atom stereocenters. The molecule has 0 spiro atoms. The number of benzene rings is 2. The van der Waals surface area contributed by atoms with Crippen LogP contribution in [0, 0.1) is 5.82 Å². The zero-order valence-electron chi connectivity index (χ0n) is 17.5. The van der Waals surface area contributed by atoms with Crippen LogP contribution in [-0.4, -0.2) is 34.4 Å². The molecular weight excluding hydrogens is 451 g/mol. The van der Waals surface area contributed by atoms with Crippen molar-refractivity contribution in [1.29, 1.82) is 0 Å². The molecule has 1 heterocycles. The van der Waals surface area contributed by atoms with E-state index in [1.165, 1.54) is 36.0 Å². The van der Waals surface area contributed by atoms with Gasteiger partial charge in [0.05, 0.1) is 12.4 Å². The number of unbranched alkanes of at least 4 members (excludes halogenated alkanes) is 1. The number of rotatable bonds is 11. The molecule has 3 aromatic rings. The zero-order chi connectivity index (χ0) is 22.8. The van der Waals surface area contributed by atoms with E-state index in [0.29, 0.717) is 23.2 Å². The van der Waals surface area contributed by atoms with Crippen molar-refractivity contribution in [3.05, 3.63) is 64.9 Å². The lowest BCUT2D eigenvalue weighted by molar-refractivity contribution is -0.118. The van der Waals surface area contributed by atoms with E-state index in [9.17, 15) is 14.0 Å². The number of anilines is 1. The van der Waals surface area contributed by atoms with Crippen LogP contribution in [0.25, 0.3) is 0 Å². The van der Waals surface area contributed by atoms with Crippen LogP contribution in [0.5, 0.6) is 5.75 Å². The van der Waals surface area contributed by atoms with Crippen molar-refractivity contribution in [2.24, 2.45) is 0 Å². The first-order valence-corrected chi connectivity index (χ1v) is 11.9. The van der Waals surface area contributed by atoms with Crippen LogP contribution in [0.1, 0.15) is 35.1 Å². The molecular formula is C22H23FN4O3S2. The Kier molecular flexibility index (Phi) is 9.00. The molecule has 3 rings (SSSR count). The van der Waals surface area contributed by atoms with Gasteiger partial charge >= 0.3 is 0 Å². The van der Waals surface area contributed by atoms with E-state index in [1.54, 1.807) is 0 Å². The lowest BCUT2D eigenvalue weighted by atomic mass is 10.2. The lowest BCUT2D eigenvalue weighted by Gasteiger charge is -2.07. The Morgan fingerprint density at radius 1 is 1.09 bits per heavy atom. The predicted octanol–water partition coefficient (Wildman–Crippen LogP) is 4.52. The number of nitrogens with one attached hydrogen (secondary N) is 2. The molecule has 168 valence electrons. The monoisotopic (exact) mass is 474 g/mol. The molecule has 0 radical (unpaired) electrons. The number of nitrogens with zero attached hydrogens (tertiary/aromatic N) is 2. The third kappa shape index (κ3) is 7.61. The molecule has 2 N–H and O–H groups in total. The Morgan fingerprint density at radius 3 is 2.56 bits per heavy atom. The molecule has 0 unspecified atom stereocenters. The molecule has 0 aliphatic rings. The Labute approximate surface area is 193 Å². The van der Waals surface area contributed by atoms with Gasteiger partial charge in [0.2, 0.25) is 10.9 Å². The zero-order valence-corrected chi connectivity index (χ0v) is 19.1. The fraction of sp³-hybridized carbons (Fsp3) is 0.273. The molecule has 1 aromatic heterocycles. The smallest absolute Gasteiger partial charge is 0.286 e. The number of carbonyl (C=O) groups is 2. The minimum Gasteiger partial charge on any atom is -0.494 e. The van der Waals surface area contributed by atoms with Crippen LogP contribution in [0.3, 0.4) is 0 Å². The Hall–Kier alpha value is -2.98. The summed E-state index contributed by atoms with van der Waals surface area (Å²) >= 11 is 2.30. The summed E-state index contributed by atoms with van der Waals surface area (Å²) in [5.74, 6) is 0.00846. The normalized spacial score (nSPS) is 10.6. The summed E-state index contributed by atoms with van der Waals surface area (Å²) < 4.78 is 19.1. The van der Waals surface area contributed by atoms with E-state index < -0.39 is 5.91 Å². The highest BCUT2D eigenvalue weighted by atomic mass is 32.2. The van der Waals surface area contributed by atoms with Crippen LogP contribution in [-0.2, 0) is 11.3 Å². The Morgan fingerprint density at radius 2 is 1.84 bits per heavy atom. The maximum atomic E-state index is 12.9. The molecule has 2 amide bonds. The van der Waals surface area contributed by atoms with Gasteiger partial charge in [-0.1, -0.05) is 48.6 Å². The van der Waals surface area contributed by atoms with Gasteiger partial charge in [-0.3, -0.25) is 9.59 Å². The van der Waals surface area contributed by atoms with E-state index in [2.05, 4.69) is 27.8 Å². The average molecular weight is 475 g/mol. The second kappa shape index (κ2) is 12.2. The number of hydrogen-bond donors (Lipinski definition) is 2. The van der Waals surface area contributed by atoms with Gasteiger partial charge in [0.15, 0.2) is 4.34 Å². The third-order valence-corrected chi connectivity index (χ3v) is 6.26. The van der Waals surface area contributed by atoms with Crippen LogP contribution >= 0.6 is 23.1 Å². The molecule has 0 bridgehead atoms. The molecule has 10 heteroatoms. The fourth-order valence-corrected chi connectivity index (χ4v) is 4.07. The lowest BCUT2D eigenvalue weighted by Crippen LogP contribution is -2.24. The van der Waals surface area contributed by atoms with E-state index in [1.807, 2.05) is 24.3 Å². The van der Waals surface area contributed by atoms with Crippen molar-refractivity contribution in [3.8, 4) is 5.75 Å². The van der Waals surface area contributed by atoms with Gasteiger partial charge in [-0.2, -0.15) is 0 Å². The van der Waals surface area contributed by atoms with Crippen molar-refractivity contribution >= 4 is 40.6 Å². The minimum atomic E-state index is -0.437. The van der Waals surface area contributed by atoms with Crippen LogP contribution in [0.2, 0.25) is 0 Å². The first-order chi connectivity index (χ1) is 15.5. The van der Waals surface area contributed by atoms with Gasteiger partial charge < -0.3 is 15.4 Å². The number of aromatic nitrogens is 2. The number of thioether (sulfide) groups is 1. The number of hydrogen-bond acceptors (Lipinski definition) is 7. The van der Waals surface area contributed by atoms with Crippen LogP contribution < -0.4 is 15.4 Å². The van der Waals surface area contributed by atoms with Gasteiger partial charge in [-0.15, -0.1) is 10.2 Å². The van der Waals surface area contributed by atoms with Gasteiger partial charge in [0, 0.05) is 12.2 Å². The van der Waals surface area contributed by atoms with E-state index >= 15 is 0 Å². The topological polar surface area (TPSA) is 93.2 Å². The number of halogens is 1. The van der Waals surface area contributed by atoms with Crippen molar-refractivity contribution in [2.75, 3.05) is 17.7 Å². The standard InChI is InChI=1S/C22H23FN4O3S2/c1-2-3-12-30-18-10-4-15(5-11-18)13-24-19(28)14-31-22-27-26-21(32-22)20(29)25-17-8-6-16(23)7-9-17/h4-11H,2-3,12-14H2,1H3,(H,24,28)(H,25,29). The molecule has 7 nitrogen and oxygen atoms in total. The maximum Gasteiger partial charge on any atom is 0.286 e. The quantitative estimate of drug-likeness (QED) is 0.314. The third-order valence-electron chi connectivity index (χ3n) is 4.21. The molecule has 0 saturated heterocycles. The molecule has 32 heavy (non-hydrogen) atoms. The predicted molar refractivity (Wildman–Crippen MR) is 124 cm³/mol. The van der Waals surface area contributed by atoms with Crippen molar-refractivity contribution in [1.82, 2.24) is 15.5 Å². The highest BCUT2D eigenvalue weighted by molar-refractivity contribution is 8.01. The van der Waals surface area contributed by atoms with Crippen molar-refractivity contribution < 1.29 is 18.7 Å². The summed E-state index contributed by atoms with van der Waals surface area (Å²) in [6.45, 7) is 3.23. The van der Waals surface area contributed by atoms with Crippen LogP contribution in [0.15, 0.2) is 52.9 Å². The highest BCUT2D eigenvalue weighted by Gasteiger charge is 2.14. The highest BCUT2D eigenvalue weighted by Crippen LogP contribution is 2.23. The van der Waals surface area contributed by atoms with E-state index in [4.69, 9.17) is 4.74 Å². The van der Waals surface area contributed by atoms with Gasteiger partial charge in [0.25, 0.3) is 5.91 Å². The molecule has 0 aliphatic carbocycles. The van der Waals surface area contributed by atoms with Gasteiger partial charge in [0.1, 0.15) is 11.6 Å². The summed E-state index contributed by atoms with van der Waals surface area (Å²) in [7, 11) is 0. The Balaban J connectivity index is 1.40. The number of ether oxygens (including phenoxy) is 1. The minimum absolute atomic E-state index is 0.147. The maximum absolute atomic E-state index is 12.9. The van der Waals surface area contributed by atoms with Gasteiger partial charge in [-0.25, -0.2) is 4.39 Å². The molecule has 0 saturated carbocycles. The van der Waals surface area contributed by atoms with E-state index in [0.717, 1.165) is 35.5 Å². The van der Waals surface area contributed by atoms with Crippen molar-refractivity contribution in [2.45, 2.75) is 30.6 Å². The first-order valence-electron chi connectivity index (χ1n) is 10.0. The first kappa shape index (κ1) is 23.7. The second-order valence-electron chi connectivity index (χ2n) is 6.75. The molecule has 0 fully saturated rings. The summed E-state index contributed by atoms with van der Waals surface area (Å²) in [6.07, 6.45) is 2.11. The summed E-state index contributed by atoms with van der Waals surface area (Å²) in [4.78, 5) is 24.3. The van der Waals surface area contributed by atoms with Crippen molar-refractivity contribution in [3.63, 3.8) is 0 Å². The Bertz CT molecular complexity index is 1030. The fourth-order valence-electron chi connectivity index (χ4n) is 2.49. The van der Waals surface area contributed by atoms with E-state index in [-0.39, 0.29) is 22.5 Å². The SMILES string of the molecule is CCCCOc1ccc(CNC(=O)CSc2nnc(C(=O)Nc3ccc(F)cc3)s2)cc1. The van der Waals surface area contributed by atoms with Crippen LogP contribution in [0.4, 0.5) is 10.1 Å². The summed E-state index contributed by atoms with van der Waals surface area (Å²) in [6, 6.07) is 13.1. The average Bonchev–Trinajstić information content (AvgIpc) is 3.28. The molecule has 0 aliphatic heterocycles. The van der Waals surface area contributed by atoms with Gasteiger partial charge in [-0.05, 0) is 48.4 Å². The second-order valence-corrected chi connectivity index (χ2v) is 8.95. The largest absolute Gasteiger partial charge is 0.494 e. The molecule has 2 aromatic carbocycles. The summed E-state index contributed by atoms with van der Waals surface area (Å²) in [5.41, 5.74) is 1.43. The number of carbonyl (C=O) groups excluding carboxylic acids is 2.